The largest absolute Gasteiger partial charge is 0.340 e. The molecule has 96 valence electrons. The van der Waals surface area contributed by atoms with Crippen molar-refractivity contribution in [3.8, 4) is 0 Å². The summed E-state index contributed by atoms with van der Waals surface area (Å²) in [5, 5.41) is 3.06. The van der Waals surface area contributed by atoms with Gasteiger partial charge in [0.2, 0.25) is 0 Å². The summed E-state index contributed by atoms with van der Waals surface area (Å²) < 4.78 is 28.5. The molecule has 2 rings (SSSR count). The van der Waals surface area contributed by atoms with Gasteiger partial charge in [0.15, 0.2) is 0 Å². The molecule has 0 fully saturated rings. The van der Waals surface area contributed by atoms with Crippen molar-refractivity contribution in [1.29, 1.82) is 0 Å². The molecule has 1 heterocycles. The second-order valence-electron chi connectivity index (χ2n) is 4.25. The van der Waals surface area contributed by atoms with E-state index in [1.807, 2.05) is 17.8 Å². The lowest BCUT2D eigenvalue weighted by molar-refractivity contribution is 0.537. The molecule has 18 heavy (non-hydrogen) atoms. The molecule has 0 spiro atoms. The molecule has 1 atom stereocenters. The van der Waals surface area contributed by atoms with Crippen molar-refractivity contribution in [2.45, 2.75) is 12.5 Å². The SMILES string of the molecule is CNC(Cc1cc(F)ccc1F)c1cn(C)cn1. The molecule has 1 aromatic carbocycles. The Morgan fingerprint density at radius 1 is 1.39 bits per heavy atom. The van der Waals surface area contributed by atoms with Gasteiger partial charge in [-0.05, 0) is 37.2 Å². The van der Waals surface area contributed by atoms with Crippen LogP contribution in [0.1, 0.15) is 17.3 Å². The maximum Gasteiger partial charge on any atom is 0.126 e. The standard InChI is InChI=1S/C13H15F2N3/c1-16-12(13-7-18(2)8-17-13)6-9-5-10(14)3-4-11(9)15/h3-5,7-8,12,16H,6H2,1-2H3. The predicted molar refractivity (Wildman–Crippen MR) is 65.1 cm³/mol. The van der Waals surface area contributed by atoms with Crippen LogP contribution in [0.4, 0.5) is 8.78 Å². The molecular formula is C13H15F2N3. The highest BCUT2D eigenvalue weighted by Crippen LogP contribution is 2.19. The average molecular weight is 251 g/mol. The van der Waals surface area contributed by atoms with E-state index >= 15 is 0 Å². The molecule has 0 saturated heterocycles. The van der Waals surface area contributed by atoms with Gasteiger partial charge in [-0.1, -0.05) is 0 Å². The first-order chi connectivity index (χ1) is 8.60. The summed E-state index contributed by atoms with van der Waals surface area (Å²) in [5.41, 5.74) is 1.16. The maximum atomic E-state index is 13.6. The molecule has 0 aliphatic carbocycles. The molecule has 2 aromatic rings. The zero-order valence-electron chi connectivity index (χ0n) is 10.3. The lowest BCUT2D eigenvalue weighted by atomic mass is 10.0. The van der Waals surface area contributed by atoms with Gasteiger partial charge in [0.1, 0.15) is 11.6 Å². The molecule has 0 radical (unpaired) electrons. The van der Waals surface area contributed by atoms with Crippen molar-refractivity contribution in [3.05, 3.63) is 53.6 Å². The van der Waals surface area contributed by atoms with Crippen molar-refractivity contribution in [2.75, 3.05) is 7.05 Å². The van der Waals surface area contributed by atoms with Gasteiger partial charge in [-0.3, -0.25) is 0 Å². The van der Waals surface area contributed by atoms with Crippen LogP contribution in [0, 0.1) is 11.6 Å². The van der Waals surface area contributed by atoms with Crippen LogP contribution in [0.15, 0.2) is 30.7 Å². The number of aromatic nitrogens is 2. The lowest BCUT2D eigenvalue weighted by Crippen LogP contribution is -2.19. The smallest absolute Gasteiger partial charge is 0.126 e. The van der Waals surface area contributed by atoms with Gasteiger partial charge >= 0.3 is 0 Å². The topological polar surface area (TPSA) is 29.9 Å². The molecule has 0 bridgehead atoms. The Labute approximate surface area is 104 Å². The van der Waals surface area contributed by atoms with Crippen LogP contribution < -0.4 is 5.32 Å². The zero-order valence-corrected chi connectivity index (χ0v) is 10.3. The Morgan fingerprint density at radius 2 is 2.17 bits per heavy atom. The van der Waals surface area contributed by atoms with Crippen molar-refractivity contribution in [2.24, 2.45) is 7.05 Å². The number of hydrogen-bond acceptors (Lipinski definition) is 2. The van der Waals surface area contributed by atoms with E-state index in [1.54, 1.807) is 13.4 Å². The minimum atomic E-state index is -0.428. The Morgan fingerprint density at radius 3 is 2.78 bits per heavy atom. The first kappa shape index (κ1) is 12.7. The van der Waals surface area contributed by atoms with Gasteiger partial charge < -0.3 is 9.88 Å². The number of halogens is 2. The summed E-state index contributed by atoms with van der Waals surface area (Å²) in [7, 11) is 3.64. The fraction of sp³-hybridized carbons (Fsp3) is 0.308. The van der Waals surface area contributed by atoms with Gasteiger partial charge in [0, 0.05) is 13.2 Å². The number of nitrogens with zero attached hydrogens (tertiary/aromatic N) is 2. The summed E-state index contributed by atoms with van der Waals surface area (Å²) in [6, 6.07) is 3.36. The van der Waals surface area contributed by atoms with E-state index < -0.39 is 11.6 Å². The van der Waals surface area contributed by atoms with E-state index in [9.17, 15) is 8.78 Å². The van der Waals surface area contributed by atoms with Crippen LogP contribution in [0.2, 0.25) is 0 Å². The fourth-order valence-electron chi connectivity index (χ4n) is 1.89. The van der Waals surface area contributed by atoms with E-state index in [-0.39, 0.29) is 6.04 Å². The number of imidazole rings is 1. The lowest BCUT2D eigenvalue weighted by Gasteiger charge is -2.14. The molecule has 0 aliphatic heterocycles. The molecule has 1 unspecified atom stereocenters. The molecule has 1 aromatic heterocycles. The third-order valence-corrected chi connectivity index (χ3v) is 2.86. The minimum Gasteiger partial charge on any atom is -0.340 e. The highest BCUT2D eigenvalue weighted by Gasteiger charge is 2.15. The molecule has 0 amide bonds. The van der Waals surface area contributed by atoms with E-state index in [4.69, 9.17) is 0 Å². The molecule has 0 saturated carbocycles. The van der Waals surface area contributed by atoms with Crippen LogP contribution in [0.25, 0.3) is 0 Å². The monoisotopic (exact) mass is 251 g/mol. The van der Waals surface area contributed by atoms with Crippen LogP contribution >= 0.6 is 0 Å². The van der Waals surface area contributed by atoms with Crippen LogP contribution in [-0.2, 0) is 13.5 Å². The number of benzene rings is 1. The first-order valence-electron chi connectivity index (χ1n) is 5.69. The van der Waals surface area contributed by atoms with Gasteiger partial charge in [-0.25, -0.2) is 13.8 Å². The van der Waals surface area contributed by atoms with E-state index in [0.29, 0.717) is 12.0 Å². The second-order valence-corrected chi connectivity index (χ2v) is 4.25. The number of aryl methyl sites for hydroxylation is 1. The highest BCUT2D eigenvalue weighted by atomic mass is 19.1. The maximum absolute atomic E-state index is 13.6. The number of nitrogens with one attached hydrogen (secondary N) is 1. The van der Waals surface area contributed by atoms with E-state index in [2.05, 4.69) is 10.3 Å². The van der Waals surface area contributed by atoms with Gasteiger partial charge in [-0.2, -0.15) is 0 Å². The third-order valence-electron chi connectivity index (χ3n) is 2.86. The van der Waals surface area contributed by atoms with E-state index in [1.165, 1.54) is 6.07 Å². The summed E-state index contributed by atoms with van der Waals surface area (Å²) >= 11 is 0. The highest BCUT2D eigenvalue weighted by molar-refractivity contribution is 5.21. The van der Waals surface area contributed by atoms with Gasteiger partial charge in [0.25, 0.3) is 0 Å². The van der Waals surface area contributed by atoms with Crippen LogP contribution in [-0.4, -0.2) is 16.6 Å². The fourth-order valence-corrected chi connectivity index (χ4v) is 1.89. The van der Waals surface area contributed by atoms with Crippen molar-refractivity contribution >= 4 is 0 Å². The van der Waals surface area contributed by atoms with Crippen LogP contribution in [0.3, 0.4) is 0 Å². The number of hydrogen-bond donors (Lipinski definition) is 1. The third kappa shape index (κ3) is 2.73. The Kier molecular flexibility index (Phi) is 3.72. The Bertz CT molecular complexity index is 537. The first-order valence-corrected chi connectivity index (χ1v) is 5.69. The molecule has 5 heteroatoms. The molecule has 0 aliphatic rings. The molecule has 1 N–H and O–H groups in total. The molecule has 3 nitrogen and oxygen atoms in total. The summed E-state index contributed by atoms with van der Waals surface area (Å²) in [6.45, 7) is 0. The van der Waals surface area contributed by atoms with Gasteiger partial charge in [0.05, 0.1) is 18.1 Å². The Balaban J connectivity index is 2.22. The number of rotatable bonds is 4. The Hall–Kier alpha value is -1.75. The summed E-state index contributed by atoms with van der Waals surface area (Å²) in [5.74, 6) is -0.824. The van der Waals surface area contributed by atoms with E-state index in [0.717, 1.165) is 17.8 Å². The van der Waals surface area contributed by atoms with Gasteiger partial charge in [-0.15, -0.1) is 0 Å². The van der Waals surface area contributed by atoms with Crippen molar-refractivity contribution < 1.29 is 8.78 Å². The zero-order chi connectivity index (χ0) is 13.1. The summed E-state index contributed by atoms with van der Waals surface area (Å²) in [4.78, 5) is 4.22. The number of likely N-dealkylation sites (N-methyl/N-ethyl adjacent to an activating group) is 1. The van der Waals surface area contributed by atoms with Crippen molar-refractivity contribution in [1.82, 2.24) is 14.9 Å². The summed E-state index contributed by atoms with van der Waals surface area (Å²) in [6.07, 6.45) is 3.90. The van der Waals surface area contributed by atoms with Crippen molar-refractivity contribution in [3.63, 3.8) is 0 Å². The predicted octanol–water partition coefficient (Wildman–Crippen LogP) is 2.20. The quantitative estimate of drug-likeness (QED) is 0.902. The average Bonchev–Trinajstić information content (AvgIpc) is 2.77. The minimum absolute atomic E-state index is 0.137. The molecular weight excluding hydrogens is 236 g/mol. The van der Waals surface area contributed by atoms with Crippen LogP contribution in [0.5, 0.6) is 0 Å². The second kappa shape index (κ2) is 5.27. The normalized spacial score (nSPS) is 12.7.